The van der Waals surface area contributed by atoms with Crippen LogP contribution in [0.2, 0.25) is 0 Å². The molecule has 0 atom stereocenters. The summed E-state index contributed by atoms with van der Waals surface area (Å²) >= 11 is 1.64. The van der Waals surface area contributed by atoms with Crippen molar-refractivity contribution in [3.05, 3.63) is 23.1 Å². The Morgan fingerprint density at radius 2 is 2.08 bits per heavy atom. The molecule has 0 radical (unpaired) electrons. The molecule has 0 bridgehead atoms. The van der Waals surface area contributed by atoms with E-state index in [1.165, 1.54) is 0 Å². The number of ether oxygens (including phenoxy) is 2. The van der Waals surface area contributed by atoms with Crippen molar-refractivity contribution in [2.24, 2.45) is 5.73 Å². The molecule has 0 aromatic rings. The topological polar surface area (TPSA) is 90.7 Å². The summed E-state index contributed by atoms with van der Waals surface area (Å²) in [5.74, 6) is 0.618. The molecule has 1 aliphatic rings. The van der Waals surface area contributed by atoms with Crippen LogP contribution < -0.4 is 11.1 Å². The van der Waals surface area contributed by atoms with E-state index in [4.69, 9.17) is 5.73 Å². The number of primary amides is 1. The lowest BCUT2D eigenvalue weighted by Crippen LogP contribution is -2.27. The molecule has 138 valence electrons. The van der Waals surface area contributed by atoms with E-state index in [2.05, 4.69) is 14.8 Å². The molecule has 0 spiro atoms. The van der Waals surface area contributed by atoms with Crippen molar-refractivity contribution in [3.63, 3.8) is 0 Å². The van der Waals surface area contributed by atoms with Gasteiger partial charge in [0.25, 0.3) is 0 Å². The zero-order valence-corrected chi connectivity index (χ0v) is 14.8. The average Bonchev–Trinajstić information content (AvgIpc) is 2.44. The summed E-state index contributed by atoms with van der Waals surface area (Å²) in [6.07, 6.45) is 5.10. The number of carbonyl (C=O) groups is 2. The van der Waals surface area contributed by atoms with Crippen LogP contribution in [0.25, 0.3) is 0 Å². The molecule has 3 N–H and O–H groups in total. The van der Waals surface area contributed by atoms with Crippen LogP contribution in [0.4, 0.5) is 13.6 Å². The number of amides is 2. The van der Waals surface area contributed by atoms with Crippen LogP contribution in [0.3, 0.4) is 0 Å². The first-order valence-corrected chi connectivity index (χ1v) is 8.22. The van der Waals surface area contributed by atoms with Gasteiger partial charge < -0.3 is 20.5 Å². The number of alkyl halides is 2. The van der Waals surface area contributed by atoms with Gasteiger partial charge in [0.15, 0.2) is 0 Å². The van der Waals surface area contributed by atoms with E-state index in [1.807, 2.05) is 18.2 Å². The van der Waals surface area contributed by atoms with Gasteiger partial charge in [0, 0.05) is 17.2 Å². The van der Waals surface area contributed by atoms with Gasteiger partial charge in [-0.15, -0.1) is 11.8 Å². The van der Waals surface area contributed by atoms with E-state index in [0.717, 1.165) is 10.7 Å². The fraction of sp³-hybridized carbons (Fsp3) is 0.600. The van der Waals surface area contributed by atoms with E-state index in [1.54, 1.807) is 32.5 Å². The zero-order chi connectivity index (χ0) is 18.6. The van der Waals surface area contributed by atoms with Crippen LogP contribution in [0.1, 0.15) is 27.2 Å². The Hall–Kier alpha value is -1.61. The summed E-state index contributed by atoms with van der Waals surface area (Å²) < 4.78 is 31.7. The van der Waals surface area contributed by atoms with Crippen LogP contribution in [0, 0.1) is 0 Å². The number of hydrogen-bond donors (Lipinski definition) is 2. The number of rotatable bonds is 6. The highest BCUT2D eigenvalue weighted by atomic mass is 32.2. The minimum Gasteiger partial charge on any atom is -0.444 e. The van der Waals surface area contributed by atoms with Crippen LogP contribution in [-0.4, -0.2) is 43.1 Å². The molecular formula is C15H24F2N2O4S. The Labute approximate surface area is 144 Å². The molecule has 24 heavy (non-hydrogen) atoms. The van der Waals surface area contributed by atoms with Gasteiger partial charge in [-0.3, -0.25) is 4.79 Å². The predicted molar refractivity (Wildman–Crippen MR) is 89.7 cm³/mol. The molecule has 0 aromatic heterocycles. The number of allylic oxidation sites excluding steroid dienone is 2. The summed E-state index contributed by atoms with van der Waals surface area (Å²) in [6.45, 7) is 2.67. The van der Waals surface area contributed by atoms with E-state index in [9.17, 15) is 18.4 Å². The monoisotopic (exact) mass is 366 g/mol. The number of hydrogen-bond acceptors (Lipinski definition) is 5. The molecular weight excluding hydrogens is 342 g/mol. The van der Waals surface area contributed by atoms with Crippen molar-refractivity contribution in [2.75, 3.05) is 18.9 Å². The maximum atomic E-state index is 11.6. The normalized spacial score (nSPS) is 13.7. The van der Waals surface area contributed by atoms with Crippen molar-refractivity contribution < 1.29 is 27.8 Å². The van der Waals surface area contributed by atoms with E-state index < -0.39 is 18.3 Å². The minimum atomic E-state index is -2.81. The molecule has 0 aromatic carbocycles. The van der Waals surface area contributed by atoms with Crippen LogP contribution in [-0.2, 0) is 14.3 Å². The molecule has 0 saturated carbocycles. The Morgan fingerprint density at radius 3 is 2.50 bits per heavy atom. The largest absolute Gasteiger partial charge is 0.444 e. The average molecular weight is 366 g/mol. The van der Waals surface area contributed by atoms with Crippen molar-refractivity contribution >= 4 is 23.8 Å². The Bertz CT molecular complexity index is 463. The molecule has 1 aliphatic heterocycles. The molecule has 2 amide bonds. The van der Waals surface area contributed by atoms with Gasteiger partial charge in [-0.2, -0.15) is 8.78 Å². The molecule has 1 heterocycles. The third-order valence-electron chi connectivity index (χ3n) is 2.22. The fourth-order valence-corrected chi connectivity index (χ4v) is 2.13. The Balaban J connectivity index is 0.000000561. The predicted octanol–water partition coefficient (Wildman–Crippen LogP) is 2.80. The number of carbonyl (C=O) groups excluding carboxylic acids is 2. The lowest BCUT2D eigenvalue weighted by molar-refractivity contribution is -0.138. The van der Waals surface area contributed by atoms with E-state index >= 15 is 0 Å². The quantitative estimate of drug-likeness (QED) is 0.754. The van der Waals surface area contributed by atoms with Gasteiger partial charge in [0.05, 0.1) is 13.0 Å². The van der Waals surface area contributed by atoms with Crippen molar-refractivity contribution in [2.45, 2.75) is 39.4 Å². The zero-order valence-electron chi connectivity index (χ0n) is 14.0. The van der Waals surface area contributed by atoms with E-state index in [0.29, 0.717) is 6.54 Å². The summed E-state index contributed by atoms with van der Waals surface area (Å²) in [6, 6.07) is 0. The fourth-order valence-electron chi connectivity index (χ4n) is 1.36. The standard InChI is InChI=1S/C10H13F2NO2S.C5H11NO2/c11-10(12)15-5-4-9(14)13-7-8-3-1-2-6-16-8;1-5(2,3)8-4(6)7/h1-3,10H,4-7H2,(H,13,14);1-3H3,(H2,6,7). The highest BCUT2D eigenvalue weighted by Crippen LogP contribution is 2.18. The summed E-state index contributed by atoms with van der Waals surface area (Å²) in [5, 5.41) is 2.64. The van der Waals surface area contributed by atoms with Gasteiger partial charge >= 0.3 is 12.7 Å². The van der Waals surface area contributed by atoms with Crippen LogP contribution in [0.15, 0.2) is 23.1 Å². The molecule has 1 rings (SSSR count). The molecule has 0 saturated heterocycles. The number of nitrogens with two attached hydrogens (primary N) is 1. The van der Waals surface area contributed by atoms with Gasteiger partial charge in [0.2, 0.25) is 5.91 Å². The second-order valence-corrected chi connectivity index (χ2v) is 6.71. The summed E-state index contributed by atoms with van der Waals surface area (Å²) in [5.41, 5.74) is 4.26. The second kappa shape index (κ2) is 11.9. The SMILES string of the molecule is CC(C)(C)OC(N)=O.O=C(CCOC(F)F)NCC1=CC=CCS1. The minimum absolute atomic E-state index is 0.0435. The first kappa shape index (κ1) is 22.4. The summed E-state index contributed by atoms with van der Waals surface area (Å²) in [7, 11) is 0. The number of nitrogens with one attached hydrogen (secondary N) is 1. The Morgan fingerprint density at radius 1 is 1.42 bits per heavy atom. The van der Waals surface area contributed by atoms with Crippen molar-refractivity contribution in [1.82, 2.24) is 5.32 Å². The van der Waals surface area contributed by atoms with Gasteiger partial charge in [-0.1, -0.05) is 18.2 Å². The van der Waals surface area contributed by atoms with E-state index in [-0.39, 0.29) is 18.9 Å². The summed E-state index contributed by atoms with van der Waals surface area (Å²) in [4.78, 5) is 22.3. The molecule has 0 unspecified atom stereocenters. The lowest BCUT2D eigenvalue weighted by atomic mass is 10.2. The van der Waals surface area contributed by atoms with Crippen LogP contribution >= 0.6 is 11.8 Å². The third kappa shape index (κ3) is 15.3. The lowest BCUT2D eigenvalue weighted by Gasteiger charge is -2.16. The number of thioether (sulfide) groups is 1. The van der Waals surface area contributed by atoms with Gasteiger partial charge in [-0.05, 0) is 20.8 Å². The van der Waals surface area contributed by atoms with Crippen LogP contribution in [0.5, 0.6) is 0 Å². The smallest absolute Gasteiger partial charge is 0.405 e. The first-order valence-electron chi connectivity index (χ1n) is 7.23. The van der Waals surface area contributed by atoms with Crippen molar-refractivity contribution in [3.8, 4) is 0 Å². The molecule has 0 fully saturated rings. The maximum absolute atomic E-state index is 11.6. The highest BCUT2D eigenvalue weighted by molar-refractivity contribution is 8.03. The second-order valence-electron chi connectivity index (χ2n) is 5.56. The number of halogens is 2. The molecule has 0 aliphatic carbocycles. The van der Waals surface area contributed by atoms with Crippen molar-refractivity contribution in [1.29, 1.82) is 0 Å². The van der Waals surface area contributed by atoms with Gasteiger partial charge in [0.1, 0.15) is 5.60 Å². The molecule has 6 nitrogen and oxygen atoms in total. The molecule has 9 heteroatoms. The maximum Gasteiger partial charge on any atom is 0.405 e. The van der Waals surface area contributed by atoms with Gasteiger partial charge in [-0.25, -0.2) is 4.79 Å². The third-order valence-corrected chi connectivity index (χ3v) is 3.23. The Kier molecular flexibility index (Phi) is 11.1. The first-order chi connectivity index (χ1) is 11.1. The highest BCUT2D eigenvalue weighted by Gasteiger charge is 2.12.